The highest BCUT2D eigenvalue weighted by molar-refractivity contribution is 5.82. The molecule has 2 bridgehead atoms. The van der Waals surface area contributed by atoms with E-state index in [2.05, 4.69) is 15.0 Å². The van der Waals surface area contributed by atoms with Gasteiger partial charge in [-0.25, -0.2) is 4.79 Å². The van der Waals surface area contributed by atoms with E-state index in [1.54, 1.807) is 0 Å². The fourth-order valence-electron chi connectivity index (χ4n) is 3.37. The topological polar surface area (TPSA) is 104 Å². The number of nitrogens with two attached hydrogens (primary N) is 1. The molecule has 2 fully saturated rings. The molecule has 13 heteroatoms. The van der Waals surface area contributed by atoms with Crippen molar-refractivity contribution >= 4 is 11.9 Å². The van der Waals surface area contributed by atoms with Crippen LogP contribution in [-0.4, -0.2) is 41.0 Å². The van der Waals surface area contributed by atoms with Crippen LogP contribution in [0.4, 0.5) is 26.3 Å². The lowest BCUT2D eigenvalue weighted by atomic mass is 9.83. The standard InChI is InChI=1S/C16H15F6N3O4/c17-15(18,19)7-1-2-8(24-5-7)6-25-12(26)9-3-11-10(23)4-14(9,28-11)29-13(27)16(20,21)22/h1-2,5,9-11H,3-4,6,23H2,(H,25,26)/t9-,10+,11-,14-/m1/s1. The third-order valence-electron chi connectivity index (χ3n) is 4.76. The maximum absolute atomic E-state index is 12.6. The highest BCUT2D eigenvalue weighted by atomic mass is 19.4. The predicted octanol–water partition coefficient (Wildman–Crippen LogP) is 1.65. The van der Waals surface area contributed by atoms with E-state index in [0.717, 1.165) is 12.1 Å². The van der Waals surface area contributed by atoms with Crippen LogP contribution < -0.4 is 11.1 Å². The van der Waals surface area contributed by atoms with Gasteiger partial charge in [-0.1, -0.05) is 0 Å². The molecule has 1 aromatic rings. The molecule has 3 N–H and O–H groups in total. The van der Waals surface area contributed by atoms with Crippen molar-refractivity contribution < 1.29 is 45.4 Å². The number of pyridine rings is 1. The number of alkyl halides is 6. The number of carbonyl (C=O) groups excluding carboxylic acids is 2. The maximum atomic E-state index is 12.6. The van der Waals surface area contributed by atoms with Crippen molar-refractivity contribution in [3.63, 3.8) is 0 Å². The van der Waals surface area contributed by atoms with Crippen molar-refractivity contribution in [1.82, 2.24) is 10.3 Å². The first kappa shape index (κ1) is 21.3. The number of ether oxygens (including phenoxy) is 2. The molecule has 2 aliphatic rings. The zero-order valence-corrected chi connectivity index (χ0v) is 14.5. The quantitative estimate of drug-likeness (QED) is 0.560. The first-order valence-electron chi connectivity index (χ1n) is 8.35. The summed E-state index contributed by atoms with van der Waals surface area (Å²) in [6.45, 7) is -0.284. The van der Waals surface area contributed by atoms with Crippen LogP contribution in [0.25, 0.3) is 0 Å². The van der Waals surface area contributed by atoms with Crippen molar-refractivity contribution in [3.05, 3.63) is 29.6 Å². The molecule has 1 amide bonds. The van der Waals surface area contributed by atoms with E-state index in [9.17, 15) is 35.9 Å². The lowest BCUT2D eigenvalue weighted by Gasteiger charge is -2.32. The summed E-state index contributed by atoms with van der Waals surface area (Å²) >= 11 is 0. The molecule has 7 nitrogen and oxygen atoms in total. The number of halogens is 6. The first-order chi connectivity index (χ1) is 13.3. The number of fused-ring (bicyclic) bond motifs is 2. The number of amides is 1. The largest absolute Gasteiger partial charge is 0.491 e. The maximum Gasteiger partial charge on any atom is 0.491 e. The van der Waals surface area contributed by atoms with Crippen LogP contribution in [-0.2, 0) is 31.8 Å². The predicted molar refractivity (Wildman–Crippen MR) is 81.5 cm³/mol. The highest BCUT2D eigenvalue weighted by Crippen LogP contribution is 2.49. The molecule has 0 radical (unpaired) electrons. The van der Waals surface area contributed by atoms with Gasteiger partial charge in [0.15, 0.2) is 0 Å². The minimum absolute atomic E-state index is 0.0709. The Balaban J connectivity index is 1.67. The first-order valence-corrected chi connectivity index (χ1v) is 8.35. The van der Waals surface area contributed by atoms with Gasteiger partial charge in [-0.05, 0) is 18.6 Å². The summed E-state index contributed by atoms with van der Waals surface area (Å²) in [5.74, 6) is -6.70. The molecule has 3 rings (SSSR count). The van der Waals surface area contributed by atoms with E-state index in [1.807, 2.05) is 0 Å². The fraction of sp³-hybridized carbons (Fsp3) is 0.562. The molecule has 3 heterocycles. The molecule has 29 heavy (non-hydrogen) atoms. The van der Waals surface area contributed by atoms with Crippen molar-refractivity contribution in [2.75, 3.05) is 0 Å². The number of hydrogen-bond donors (Lipinski definition) is 2. The molecular formula is C16H15F6N3O4. The summed E-state index contributed by atoms with van der Waals surface area (Å²) in [4.78, 5) is 27.3. The van der Waals surface area contributed by atoms with Crippen molar-refractivity contribution in [3.8, 4) is 0 Å². The van der Waals surface area contributed by atoms with Crippen LogP contribution in [0.3, 0.4) is 0 Å². The number of rotatable bonds is 4. The summed E-state index contributed by atoms with van der Waals surface area (Å²) in [5.41, 5.74) is 4.86. The Labute approximate surface area is 159 Å². The molecule has 2 aliphatic heterocycles. The van der Waals surface area contributed by atoms with Crippen LogP contribution in [0.15, 0.2) is 18.3 Å². The molecule has 0 aromatic carbocycles. The van der Waals surface area contributed by atoms with Crippen molar-refractivity contribution in [1.29, 1.82) is 0 Å². The van der Waals surface area contributed by atoms with Gasteiger partial charge in [0.25, 0.3) is 0 Å². The highest BCUT2D eigenvalue weighted by Gasteiger charge is 2.64. The Morgan fingerprint density at radius 2 is 1.97 bits per heavy atom. The number of aromatic nitrogens is 1. The van der Waals surface area contributed by atoms with Crippen LogP contribution in [0, 0.1) is 5.92 Å². The van der Waals surface area contributed by atoms with Crippen LogP contribution in [0.5, 0.6) is 0 Å². The average Bonchev–Trinajstić information content (AvgIpc) is 3.12. The van der Waals surface area contributed by atoms with Gasteiger partial charge in [0.1, 0.15) is 5.92 Å². The zero-order valence-electron chi connectivity index (χ0n) is 14.5. The molecule has 0 spiro atoms. The van der Waals surface area contributed by atoms with E-state index in [-0.39, 0.29) is 25.1 Å². The Hall–Kier alpha value is -2.41. The lowest BCUT2D eigenvalue weighted by Crippen LogP contribution is -2.51. The van der Waals surface area contributed by atoms with Gasteiger partial charge < -0.3 is 20.5 Å². The smallest absolute Gasteiger partial charge is 0.425 e. The SMILES string of the molecule is N[C@H]1C[C@]2(OC(=O)C(F)(F)F)O[C@@H]1C[C@@H]2C(=O)NCc1ccc(C(F)(F)F)cn1. The van der Waals surface area contributed by atoms with Crippen LogP contribution >= 0.6 is 0 Å². The molecule has 4 atom stereocenters. The van der Waals surface area contributed by atoms with Gasteiger partial charge >= 0.3 is 18.3 Å². The molecule has 160 valence electrons. The summed E-state index contributed by atoms with van der Waals surface area (Å²) in [6, 6.07) is 1.12. The Morgan fingerprint density at radius 3 is 2.48 bits per heavy atom. The third-order valence-corrected chi connectivity index (χ3v) is 4.76. The van der Waals surface area contributed by atoms with Gasteiger partial charge in [0.2, 0.25) is 11.7 Å². The van der Waals surface area contributed by atoms with Gasteiger partial charge in [-0.3, -0.25) is 9.78 Å². The van der Waals surface area contributed by atoms with Gasteiger partial charge in [0.05, 0.1) is 23.9 Å². The Kier molecular flexibility index (Phi) is 5.24. The normalized spacial score (nSPS) is 29.0. The number of carbonyl (C=O) groups is 2. The minimum Gasteiger partial charge on any atom is -0.425 e. The van der Waals surface area contributed by atoms with E-state index in [0.29, 0.717) is 6.20 Å². The zero-order chi connectivity index (χ0) is 21.6. The number of nitrogens with one attached hydrogen (secondary N) is 1. The summed E-state index contributed by atoms with van der Waals surface area (Å²) in [7, 11) is 0. The second kappa shape index (κ2) is 7.13. The summed E-state index contributed by atoms with van der Waals surface area (Å²) < 4.78 is 85.1. The second-order valence-electron chi connectivity index (χ2n) is 6.77. The van der Waals surface area contributed by atoms with E-state index >= 15 is 0 Å². The number of nitrogens with zero attached hydrogens (tertiary/aromatic N) is 1. The summed E-state index contributed by atoms with van der Waals surface area (Å²) in [6.07, 6.45) is -10.4. The molecule has 0 unspecified atom stereocenters. The van der Waals surface area contributed by atoms with Crippen molar-refractivity contribution in [2.24, 2.45) is 11.7 Å². The van der Waals surface area contributed by atoms with Crippen LogP contribution in [0.2, 0.25) is 0 Å². The van der Waals surface area contributed by atoms with Crippen LogP contribution in [0.1, 0.15) is 24.1 Å². The minimum atomic E-state index is -5.28. The third kappa shape index (κ3) is 4.29. The van der Waals surface area contributed by atoms with Crippen molar-refractivity contribution in [2.45, 2.75) is 49.7 Å². The van der Waals surface area contributed by atoms with Gasteiger partial charge in [-0.2, -0.15) is 26.3 Å². The molecule has 2 saturated heterocycles. The summed E-state index contributed by atoms with van der Waals surface area (Å²) in [5, 5.41) is 2.36. The molecule has 0 saturated carbocycles. The molecule has 0 aliphatic carbocycles. The monoisotopic (exact) mass is 427 g/mol. The van der Waals surface area contributed by atoms with Gasteiger partial charge in [-0.15, -0.1) is 0 Å². The van der Waals surface area contributed by atoms with E-state index in [1.165, 1.54) is 0 Å². The second-order valence-corrected chi connectivity index (χ2v) is 6.77. The number of hydrogen-bond acceptors (Lipinski definition) is 6. The lowest BCUT2D eigenvalue weighted by molar-refractivity contribution is -0.252. The molecule has 1 aromatic heterocycles. The number of esters is 1. The fourth-order valence-corrected chi connectivity index (χ4v) is 3.37. The Bertz CT molecular complexity index is 793. The van der Waals surface area contributed by atoms with Gasteiger partial charge in [0, 0.05) is 18.7 Å². The van der Waals surface area contributed by atoms with E-state index < -0.39 is 53.6 Å². The van der Waals surface area contributed by atoms with E-state index in [4.69, 9.17) is 10.5 Å². The Morgan fingerprint density at radius 1 is 1.28 bits per heavy atom. The molecular weight excluding hydrogens is 412 g/mol. The average molecular weight is 427 g/mol.